The third kappa shape index (κ3) is 5.85. The molecule has 0 saturated heterocycles. The topological polar surface area (TPSA) is 70.6 Å². The quantitative estimate of drug-likeness (QED) is 0.641. The molecule has 1 unspecified atom stereocenters. The van der Waals surface area contributed by atoms with Gasteiger partial charge >= 0.3 is 0 Å². The molecule has 2 aromatic carbocycles. The van der Waals surface area contributed by atoms with Gasteiger partial charge in [0.05, 0.1) is 6.42 Å². The fourth-order valence-electron chi connectivity index (χ4n) is 2.07. The van der Waals surface area contributed by atoms with Gasteiger partial charge in [-0.1, -0.05) is 41.9 Å². The Hall–Kier alpha value is -2.08. The molecule has 2 rings (SSSR count). The van der Waals surface area contributed by atoms with Crippen LogP contribution in [0.4, 0.5) is 0 Å². The number of halogens is 1. The Morgan fingerprint density at radius 1 is 1.21 bits per heavy atom. The molecule has 0 spiro atoms. The van der Waals surface area contributed by atoms with Gasteiger partial charge in [0.15, 0.2) is 0 Å². The number of rotatable bonds is 8. The first kappa shape index (κ1) is 18.3. The summed E-state index contributed by atoms with van der Waals surface area (Å²) < 4.78 is 5.71. The zero-order valence-electron chi connectivity index (χ0n) is 13.5. The summed E-state index contributed by atoms with van der Waals surface area (Å²) >= 11 is 6.09. The van der Waals surface area contributed by atoms with Crippen LogP contribution in [-0.2, 0) is 17.9 Å². The van der Waals surface area contributed by atoms with Crippen molar-refractivity contribution >= 4 is 17.5 Å². The monoisotopic (exact) mass is 348 g/mol. The number of aliphatic hydroxyl groups excluding tert-OH is 1. The smallest absolute Gasteiger partial charge is 0.223 e. The van der Waals surface area contributed by atoms with Crippen molar-refractivity contribution in [1.29, 1.82) is 0 Å². The van der Waals surface area contributed by atoms with Crippen LogP contribution in [0, 0.1) is 0 Å². The van der Waals surface area contributed by atoms with Crippen molar-refractivity contribution in [1.82, 2.24) is 10.6 Å². The molecule has 1 amide bonds. The summed E-state index contributed by atoms with van der Waals surface area (Å²) in [7, 11) is 1.54. The number of hydrogen-bond donors (Lipinski definition) is 3. The number of carbonyl (C=O) groups excluding carboxylic acids is 1. The van der Waals surface area contributed by atoms with Gasteiger partial charge in [-0.3, -0.25) is 10.1 Å². The standard InChI is InChI=1S/C18H21ClN2O3/c1-20-17(22)10-18(23)21-11-13-6-8-15(9-7-13)24-12-14-4-2-3-5-16(14)19/h2-9,18,21,23H,10-12H2,1H3,(H,20,22). The van der Waals surface area contributed by atoms with E-state index in [9.17, 15) is 9.90 Å². The molecule has 6 heteroatoms. The zero-order chi connectivity index (χ0) is 17.4. The van der Waals surface area contributed by atoms with E-state index in [1.807, 2.05) is 48.5 Å². The van der Waals surface area contributed by atoms with Gasteiger partial charge in [0.25, 0.3) is 0 Å². The molecule has 0 radical (unpaired) electrons. The minimum Gasteiger partial charge on any atom is -0.489 e. The van der Waals surface area contributed by atoms with Crippen LogP contribution in [0.2, 0.25) is 5.02 Å². The van der Waals surface area contributed by atoms with Crippen LogP contribution in [0.5, 0.6) is 5.75 Å². The van der Waals surface area contributed by atoms with Crippen LogP contribution in [0.3, 0.4) is 0 Å². The highest BCUT2D eigenvalue weighted by atomic mass is 35.5. The van der Waals surface area contributed by atoms with Gasteiger partial charge in [0.1, 0.15) is 18.6 Å². The molecule has 0 bridgehead atoms. The first-order valence-corrected chi connectivity index (χ1v) is 8.03. The Kier molecular flexibility index (Phi) is 7.06. The largest absolute Gasteiger partial charge is 0.489 e. The molecular weight excluding hydrogens is 328 g/mol. The van der Waals surface area contributed by atoms with Crippen molar-refractivity contribution in [2.75, 3.05) is 7.05 Å². The maximum Gasteiger partial charge on any atom is 0.223 e. The van der Waals surface area contributed by atoms with E-state index in [1.54, 1.807) is 0 Å². The van der Waals surface area contributed by atoms with E-state index >= 15 is 0 Å². The lowest BCUT2D eigenvalue weighted by Crippen LogP contribution is -2.33. The zero-order valence-corrected chi connectivity index (χ0v) is 14.2. The summed E-state index contributed by atoms with van der Waals surface area (Å²) in [6.07, 6.45) is -0.851. The minimum atomic E-state index is -0.874. The third-order valence-electron chi connectivity index (χ3n) is 3.47. The number of nitrogens with one attached hydrogen (secondary N) is 2. The summed E-state index contributed by atoms with van der Waals surface area (Å²) in [5.74, 6) is 0.530. The van der Waals surface area contributed by atoms with Gasteiger partial charge in [-0.05, 0) is 23.8 Å². The molecule has 2 aromatic rings. The van der Waals surface area contributed by atoms with Crippen LogP contribution < -0.4 is 15.4 Å². The summed E-state index contributed by atoms with van der Waals surface area (Å²) in [6, 6.07) is 15.1. The van der Waals surface area contributed by atoms with E-state index in [2.05, 4.69) is 10.6 Å². The highest BCUT2D eigenvalue weighted by molar-refractivity contribution is 6.31. The maximum absolute atomic E-state index is 11.2. The Morgan fingerprint density at radius 3 is 2.58 bits per heavy atom. The predicted octanol–water partition coefficient (Wildman–Crippen LogP) is 2.46. The fraction of sp³-hybridized carbons (Fsp3) is 0.278. The van der Waals surface area contributed by atoms with E-state index in [4.69, 9.17) is 16.3 Å². The second-order valence-corrected chi connectivity index (χ2v) is 5.71. The van der Waals surface area contributed by atoms with Crippen molar-refractivity contribution in [2.45, 2.75) is 25.8 Å². The summed E-state index contributed by atoms with van der Waals surface area (Å²) in [5, 5.41) is 15.7. The second kappa shape index (κ2) is 9.27. The van der Waals surface area contributed by atoms with Crippen LogP contribution in [0.15, 0.2) is 48.5 Å². The number of ether oxygens (including phenoxy) is 1. The van der Waals surface area contributed by atoms with Crippen LogP contribution >= 0.6 is 11.6 Å². The molecule has 0 aromatic heterocycles. The van der Waals surface area contributed by atoms with Gasteiger partial charge in [-0.25, -0.2) is 0 Å². The molecule has 0 heterocycles. The Bertz CT molecular complexity index is 662. The average Bonchev–Trinajstić information content (AvgIpc) is 2.60. The van der Waals surface area contributed by atoms with Gasteiger partial charge < -0.3 is 15.2 Å². The Balaban J connectivity index is 1.80. The molecule has 0 aliphatic carbocycles. The van der Waals surface area contributed by atoms with Crippen molar-refractivity contribution in [3.05, 3.63) is 64.7 Å². The summed E-state index contributed by atoms with van der Waals surface area (Å²) in [6.45, 7) is 0.866. The van der Waals surface area contributed by atoms with E-state index in [1.165, 1.54) is 7.05 Å². The Labute approximate surface area is 146 Å². The average molecular weight is 349 g/mol. The number of aliphatic hydroxyl groups is 1. The van der Waals surface area contributed by atoms with Crippen molar-refractivity contribution in [3.8, 4) is 5.75 Å². The SMILES string of the molecule is CNC(=O)CC(O)NCc1ccc(OCc2ccccc2Cl)cc1. The normalized spacial score (nSPS) is 11.8. The molecule has 0 fully saturated rings. The minimum absolute atomic E-state index is 0.0233. The molecule has 1 atom stereocenters. The van der Waals surface area contributed by atoms with Crippen LogP contribution in [0.25, 0.3) is 0 Å². The van der Waals surface area contributed by atoms with Crippen molar-refractivity contribution in [2.24, 2.45) is 0 Å². The molecule has 0 saturated carbocycles. The number of amides is 1. The lowest BCUT2D eigenvalue weighted by atomic mass is 10.2. The third-order valence-corrected chi connectivity index (χ3v) is 3.84. The summed E-state index contributed by atoms with van der Waals surface area (Å²) in [5.41, 5.74) is 1.92. The number of benzene rings is 2. The van der Waals surface area contributed by atoms with Gasteiger partial charge in [-0.15, -0.1) is 0 Å². The molecule has 0 aliphatic heterocycles. The summed E-state index contributed by atoms with van der Waals surface area (Å²) in [4.78, 5) is 11.2. The maximum atomic E-state index is 11.2. The predicted molar refractivity (Wildman–Crippen MR) is 93.8 cm³/mol. The fourth-order valence-corrected chi connectivity index (χ4v) is 2.26. The van der Waals surface area contributed by atoms with E-state index < -0.39 is 6.23 Å². The highest BCUT2D eigenvalue weighted by Crippen LogP contribution is 2.19. The second-order valence-electron chi connectivity index (χ2n) is 5.30. The van der Waals surface area contributed by atoms with Crippen LogP contribution in [-0.4, -0.2) is 24.3 Å². The van der Waals surface area contributed by atoms with Gasteiger partial charge in [0, 0.05) is 24.2 Å². The molecule has 24 heavy (non-hydrogen) atoms. The van der Waals surface area contributed by atoms with Crippen molar-refractivity contribution in [3.63, 3.8) is 0 Å². The van der Waals surface area contributed by atoms with Crippen molar-refractivity contribution < 1.29 is 14.6 Å². The van der Waals surface area contributed by atoms with E-state index in [0.29, 0.717) is 18.2 Å². The lowest BCUT2D eigenvalue weighted by molar-refractivity contribution is -0.122. The molecule has 5 nitrogen and oxygen atoms in total. The molecule has 0 aliphatic rings. The first-order valence-electron chi connectivity index (χ1n) is 7.65. The first-order chi connectivity index (χ1) is 11.6. The van der Waals surface area contributed by atoms with E-state index in [0.717, 1.165) is 16.9 Å². The Morgan fingerprint density at radius 2 is 1.92 bits per heavy atom. The van der Waals surface area contributed by atoms with Gasteiger partial charge in [0.2, 0.25) is 5.91 Å². The molecular formula is C18H21ClN2O3. The molecule has 3 N–H and O–H groups in total. The number of carbonyl (C=O) groups is 1. The van der Waals surface area contributed by atoms with Crippen LogP contribution in [0.1, 0.15) is 17.5 Å². The molecule has 128 valence electrons. The lowest BCUT2D eigenvalue weighted by Gasteiger charge is -2.12. The number of hydrogen-bond acceptors (Lipinski definition) is 4. The van der Waals surface area contributed by atoms with E-state index in [-0.39, 0.29) is 12.3 Å². The van der Waals surface area contributed by atoms with Gasteiger partial charge in [-0.2, -0.15) is 0 Å². The highest BCUT2D eigenvalue weighted by Gasteiger charge is 2.08.